The van der Waals surface area contributed by atoms with Crippen molar-refractivity contribution >= 4 is 23.2 Å². The molecular formula is C23H19ClN4O3. The quantitative estimate of drug-likeness (QED) is 0.500. The van der Waals surface area contributed by atoms with Gasteiger partial charge in [0, 0.05) is 22.5 Å². The maximum absolute atomic E-state index is 12.9. The lowest BCUT2D eigenvalue weighted by Gasteiger charge is -2.10. The zero-order valence-corrected chi connectivity index (χ0v) is 17.7. The SMILES string of the molecule is Cc1ccc(-c2noc(-c3cccn(CC(=O)Nc4cc(Cl)ccc4C)c3=O)n2)cc1. The van der Waals surface area contributed by atoms with Gasteiger partial charge in [0.1, 0.15) is 12.1 Å². The number of halogens is 1. The number of carbonyl (C=O) groups is 1. The number of rotatable bonds is 5. The molecule has 4 rings (SSSR count). The molecule has 1 N–H and O–H groups in total. The van der Waals surface area contributed by atoms with E-state index in [1.54, 1.807) is 24.3 Å². The Kier molecular flexibility index (Phi) is 5.68. The lowest BCUT2D eigenvalue weighted by Crippen LogP contribution is -2.28. The Morgan fingerprint density at radius 1 is 1.13 bits per heavy atom. The molecule has 31 heavy (non-hydrogen) atoms. The third-order valence-corrected chi connectivity index (χ3v) is 5.01. The minimum Gasteiger partial charge on any atom is -0.333 e. The largest absolute Gasteiger partial charge is 0.333 e. The molecule has 1 amide bonds. The lowest BCUT2D eigenvalue weighted by molar-refractivity contribution is -0.116. The molecule has 0 aliphatic carbocycles. The molecule has 2 heterocycles. The van der Waals surface area contributed by atoms with Crippen molar-refractivity contribution in [2.45, 2.75) is 20.4 Å². The van der Waals surface area contributed by atoms with E-state index in [9.17, 15) is 9.59 Å². The molecule has 0 fully saturated rings. The first-order valence-electron chi connectivity index (χ1n) is 9.57. The van der Waals surface area contributed by atoms with Gasteiger partial charge in [-0.1, -0.05) is 52.7 Å². The monoisotopic (exact) mass is 434 g/mol. The van der Waals surface area contributed by atoms with E-state index in [0.717, 1.165) is 16.7 Å². The van der Waals surface area contributed by atoms with E-state index in [-0.39, 0.29) is 23.9 Å². The summed E-state index contributed by atoms with van der Waals surface area (Å²) in [6.07, 6.45) is 1.54. The molecule has 2 aromatic carbocycles. The van der Waals surface area contributed by atoms with Crippen LogP contribution in [0, 0.1) is 13.8 Å². The highest BCUT2D eigenvalue weighted by Gasteiger charge is 2.16. The fraction of sp³-hybridized carbons (Fsp3) is 0.130. The zero-order chi connectivity index (χ0) is 22.0. The first-order chi connectivity index (χ1) is 14.9. The second-order valence-corrected chi connectivity index (χ2v) is 7.59. The summed E-state index contributed by atoms with van der Waals surface area (Å²) in [6.45, 7) is 3.68. The molecule has 0 atom stereocenters. The molecular weight excluding hydrogens is 416 g/mol. The lowest BCUT2D eigenvalue weighted by atomic mass is 10.1. The molecule has 4 aromatic rings. The van der Waals surface area contributed by atoms with Crippen molar-refractivity contribution in [1.29, 1.82) is 0 Å². The van der Waals surface area contributed by atoms with Gasteiger partial charge >= 0.3 is 0 Å². The van der Waals surface area contributed by atoms with Gasteiger partial charge in [-0.15, -0.1) is 0 Å². The van der Waals surface area contributed by atoms with E-state index in [4.69, 9.17) is 16.1 Å². The second kappa shape index (κ2) is 8.57. The summed E-state index contributed by atoms with van der Waals surface area (Å²) in [5.41, 5.74) is 3.19. The smallest absolute Gasteiger partial charge is 0.263 e. The van der Waals surface area contributed by atoms with Gasteiger partial charge in [0.2, 0.25) is 11.7 Å². The summed E-state index contributed by atoms with van der Waals surface area (Å²) >= 11 is 6.00. The number of nitrogens with one attached hydrogen (secondary N) is 1. The number of aromatic nitrogens is 3. The molecule has 0 saturated carbocycles. The number of nitrogens with zero attached hydrogens (tertiary/aromatic N) is 3. The maximum Gasteiger partial charge on any atom is 0.263 e. The van der Waals surface area contributed by atoms with E-state index in [1.165, 1.54) is 10.8 Å². The second-order valence-electron chi connectivity index (χ2n) is 7.15. The van der Waals surface area contributed by atoms with E-state index in [0.29, 0.717) is 16.5 Å². The van der Waals surface area contributed by atoms with E-state index >= 15 is 0 Å². The standard InChI is InChI=1S/C23H19ClN4O3/c1-14-5-8-16(9-6-14)21-26-22(31-27-21)18-4-3-11-28(23(18)30)13-20(29)25-19-12-17(24)10-7-15(19)2/h3-12H,13H2,1-2H3,(H,25,29). The van der Waals surface area contributed by atoms with Crippen LogP contribution >= 0.6 is 11.6 Å². The fourth-order valence-electron chi connectivity index (χ4n) is 3.05. The Morgan fingerprint density at radius 2 is 1.90 bits per heavy atom. The molecule has 8 heteroatoms. The summed E-state index contributed by atoms with van der Waals surface area (Å²) < 4.78 is 6.60. The number of amides is 1. The van der Waals surface area contributed by atoms with E-state index in [1.807, 2.05) is 44.2 Å². The number of pyridine rings is 1. The van der Waals surface area contributed by atoms with Crippen LogP contribution in [0.5, 0.6) is 0 Å². The van der Waals surface area contributed by atoms with Crippen LogP contribution in [0.3, 0.4) is 0 Å². The zero-order valence-electron chi connectivity index (χ0n) is 16.9. The number of aryl methyl sites for hydroxylation is 2. The average molecular weight is 435 g/mol. The molecule has 0 saturated heterocycles. The van der Waals surface area contributed by atoms with Crippen LogP contribution in [-0.4, -0.2) is 20.6 Å². The summed E-state index contributed by atoms with van der Waals surface area (Å²) in [5, 5.41) is 7.27. The van der Waals surface area contributed by atoms with Gasteiger partial charge in [-0.2, -0.15) is 4.98 Å². The molecule has 7 nitrogen and oxygen atoms in total. The summed E-state index contributed by atoms with van der Waals surface area (Å²) in [6, 6.07) is 16.1. The fourth-order valence-corrected chi connectivity index (χ4v) is 3.22. The van der Waals surface area contributed by atoms with Crippen LogP contribution < -0.4 is 10.9 Å². The van der Waals surface area contributed by atoms with Crippen molar-refractivity contribution in [2.24, 2.45) is 0 Å². The third kappa shape index (κ3) is 4.57. The van der Waals surface area contributed by atoms with Crippen molar-refractivity contribution in [3.63, 3.8) is 0 Å². The molecule has 0 aliphatic heterocycles. The van der Waals surface area contributed by atoms with Gasteiger partial charge in [-0.25, -0.2) is 0 Å². The molecule has 0 radical (unpaired) electrons. The van der Waals surface area contributed by atoms with Crippen molar-refractivity contribution in [2.75, 3.05) is 5.32 Å². The van der Waals surface area contributed by atoms with Gasteiger partial charge < -0.3 is 14.4 Å². The Labute approximate surface area is 183 Å². The minimum atomic E-state index is -0.403. The summed E-state index contributed by atoms with van der Waals surface area (Å²) in [7, 11) is 0. The van der Waals surface area contributed by atoms with Gasteiger partial charge in [0.15, 0.2) is 0 Å². The molecule has 0 spiro atoms. The first kappa shape index (κ1) is 20.6. The summed E-state index contributed by atoms with van der Waals surface area (Å²) in [4.78, 5) is 29.7. The number of anilines is 1. The molecule has 0 bridgehead atoms. The van der Waals surface area contributed by atoms with Crippen molar-refractivity contribution < 1.29 is 9.32 Å². The highest BCUT2D eigenvalue weighted by atomic mass is 35.5. The number of hydrogen-bond donors (Lipinski definition) is 1. The molecule has 0 unspecified atom stereocenters. The number of hydrogen-bond acceptors (Lipinski definition) is 5. The molecule has 156 valence electrons. The van der Waals surface area contributed by atoms with Gasteiger partial charge in [0.05, 0.1) is 0 Å². The van der Waals surface area contributed by atoms with Crippen LogP contribution in [0.25, 0.3) is 22.8 Å². The van der Waals surface area contributed by atoms with Gasteiger partial charge in [-0.3, -0.25) is 9.59 Å². The van der Waals surface area contributed by atoms with Crippen molar-refractivity contribution in [1.82, 2.24) is 14.7 Å². The Hall–Kier alpha value is -3.71. The summed E-state index contributed by atoms with van der Waals surface area (Å²) in [5.74, 6) is 0.135. The van der Waals surface area contributed by atoms with E-state index < -0.39 is 5.56 Å². The Balaban J connectivity index is 1.56. The van der Waals surface area contributed by atoms with Crippen LogP contribution in [-0.2, 0) is 11.3 Å². The predicted molar refractivity (Wildman–Crippen MR) is 119 cm³/mol. The number of benzene rings is 2. The van der Waals surface area contributed by atoms with Crippen LogP contribution in [0.15, 0.2) is 70.1 Å². The minimum absolute atomic E-state index is 0.0982. The van der Waals surface area contributed by atoms with Crippen molar-refractivity contribution in [3.05, 3.63) is 87.3 Å². The van der Waals surface area contributed by atoms with Gasteiger partial charge in [0.25, 0.3) is 11.4 Å². The third-order valence-electron chi connectivity index (χ3n) is 4.77. The normalized spacial score (nSPS) is 10.8. The Morgan fingerprint density at radius 3 is 2.68 bits per heavy atom. The topological polar surface area (TPSA) is 90.0 Å². The predicted octanol–water partition coefficient (Wildman–Crippen LogP) is 4.47. The maximum atomic E-state index is 12.9. The Bertz CT molecular complexity index is 1310. The highest BCUT2D eigenvalue weighted by molar-refractivity contribution is 6.31. The first-order valence-corrected chi connectivity index (χ1v) is 9.95. The van der Waals surface area contributed by atoms with Gasteiger partial charge in [-0.05, 0) is 43.7 Å². The van der Waals surface area contributed by atoms with Crippen LogP contribution in [0.4, 0.5) is 5.69 Å². The average Bonchev–Trinajstić information content (AvgIpc) is 3.23. The molecule has 2 aromatic heterocycles. The van der Waals surface area contributed by atoms with Crippen molar-refractivity contribution in [3.8, 4) is 22.8 Å². The van der Waals surface area contributed by atoms with Crippen LogP contribution in [0.2, 0.25) is 5.02 Å². The van der Waals surface area contributed by atoms with E-state index in [2.05, 4.69) is 15.5 Å². The number of carbonyl (C=O) groups excluding carboxylic acids is 1. The molecule has 0 aliphatic rings. The van der Waals surface area contributed by atoms with Crippen LogP contribution in [0.1, 0.15) is 11.1 Å². The highest BCUT2D eigenvalue weighted by Crippen LogP contribution is 2.21.